The van der Waals surface area contributed by atoms with Crippen LogP contribution in [0, 0.1) is 12.3 Å². The van der Waals surface area contributed by atoms with Gasteiger partial charge in [0.05, 0.1) is 17.1 Å². The number of rotatable bonds is 8. The van der Waals surface area contributed by atoms with Crippen molar-refractivity contribution in [2.45, 2.75) is 47.2 Å². The van der Waals surface area contributed by atoms with E-state index in [0.717, 1.165) is 51.4 Å². The standard InChI is InChI=1S/C29H39N5/c1-6-34-22-29(3,4)21-32(5)28-17-25(11-12-27(28)34)19-33(16-13-24-10-8-14-30-18-24)20-26-23(2)9-7-15-31-26/h7-12,14-15,17-18H,6,13,16,19-22H2,1-5H3. The Labute approximate surface area is 205 Å². The summed E-state index contributed by atoms with van der Waals surface area (Å²) in [6, 6.07) is 15.4. The molecule has 34 heavy (non-hydrogen) atoms. The van der Waals surface area contributed by atoms with Crippen LogP contribution in [-0.4, -0.2) is 48.1 Å². The van der Waals surface area contributed by atoms with Gasteiger partial charge in [-0.3, -0.25) is 14.9 Å². The average molecular weight is 458 g/mol. The molecule has 1 aromatic carbocycles. The first-order chi connectivity index (χ1) is 16.3. The number of anilines is 2. The number of pyridine rings is 2. The molecule has 0 unspecified atom stereocenters. The molecular formula is C29H39N5. The van der Waals surface area contributed by atoms with Crippen molar-refractivity contribution in [1.29, 1.82) is 0 Å². The van der Waals surface area contributed by atoms with E-state index in [1.807, 2.05) is 30.7 Å². The van der Waals surface area contributed by atoms with Crippen molar-refractivity contribution in [2.24, 2.45) is 5.41 Å². The van der Waals surface area contributed by atoms with Crippen molar-refractivity contribution in [1.82, 2.24) is 14.9 Å². The van der Waals surface area contributed by atoms with Crippen molar-refractivity contribution in [2.75, 3.05) is 43.0 Å². The van der Waals surface area contributed by atoms with Crippen LogP contribution >= 0.6 is 0 Å². The van der Waals surface area contributed by atoms with Crippen LogP contribution in [0.5, 0.6) is 0 Å². The summed E-state index contributed by atoms with van der Waals surface area (Å²) in [4.78, 5) is 16.5. The van der Waals surface area contributed by atoms with E-state index in [9.17, 15) is 0 Å². The summed E-state index contributed by atoms with van der Waals surface area (Å²) < 4.78 is 0. The average Bonchev–Trinajstić information content (AvgIpc) is 2.92. The summed E-state index contributed by atoms with van der Waals surface area (Å²) in [5.74, 6) is 0. The van der Waals surface area contributed by atoms with Crippen molar-refractivity contribution in [3.05, 3.63) is 83.4 Å². The largest absolute Gasteiger partial charge is 0.372 e. The minimum Gasteiger partial charge on any atom is -0.372 e. The molecule has 0 saturated carbocycles. The summed E-state index contributed by atoms with van der Waals surface area (Å²) >= 11 is 0. The molecule has 0 fully saturated rings. The fraction of sp³-hybridized carbons (Fsp3) is 0.448. The number of hydrogen-bond acceptors (Lipinski definition) is 5. The second-order valence-corrected chi connectivity index (χ2v) is 10.4. The molecule has 0 amide bonds. The molecule has 5 heteroatoms. The summed E-state index contributed by atoms with van der Waals surface area (Å²) in [5.41, 5.74) is 7.95. The van der Waals surface area contributed by atoms with Crippen LogP contribution in [0.15, 0.2) is 61.1 Å². The zero-order chi connectivity index (χ0) is 24.1. The van der Waals surface area contributed by atoms with Crippen LogP contribution in [0.1, 0.15) is 43.2 Å². The highest BCUT2D eigenvalue weighted by Crippen LogP contribution is 2.37. The normalized spacial score (nSPS) is 15.4. The third-order valence-electron chi connectivity index (χ3n) is 6.79. The molecule has 3 heterocycles. The molecule has 0 aliphatic carbocycles. The van der Waals surface area contributed by atoms with Gasteiger partial charge in [0.15, 0.2) is 0 Å². The number of aryl methyl sites for hydroxylation is 1. The van der Waals surface area contributed by atoms with E-state index in [2.05, 4.69) is 89.7 Å². The van der Waals surface area contributed by atoms with Crippen molar-refractivity contribution in [3.8, 4) is 0 Å². The first-order valence-electron chi connectivity index (χ1n) is 12.5. The SMILES string of the molecule is CCN1CC(C)(C)CN(C)c2cc(CN(CCc3cccnc3)Cc3ncccc3C)ccc21. The zero-order valence-electron chi connectivity index (χ0n) is 21.5. The van der Waals surface area contributed by atoms with Gasteiger partial charge in [0, 0.05) is 64.9 Å². The second kappa shape index (κ2) is 10.6. The predicted octanol–water partition coefficient (Wildman–Crippen LogP) is 5.33. The van der Waals surface area contributed by atoms with E-state index in [1.165, 1.54) is 28.1 Å². The van der Waals surface area contributed by atoms with Gasteiger partial charge in [0.25, 0.3) is 0 Å². The van der Waals surface area contributed by atoms with Gasteiger partial charge in [-0.2, -0.15) is 0 Å². The zero-order valence-corrected chi connectivity index (χ0v) is 21.5. The minimum absolute atomic E-state index is 0.246. The summed E-state index contributed by atoms with van der Waals surface area (Å²) in [7, 11) is 2.24. The van der Waals surface area contributed by atoms with E-state index >= 15 is 0 Å². The quantitative estimate of drug-likeness (QED) is 0.457. The van der Waals surface area contributed by atoms with Gasteiger partial charge in [-0.25, -0.2) is 0 Å². The molecule has 1 aliphatic heterocycles. The maximum atomic E-state index is 4.68. The van der Waals surface area contributed by atoms with Crippen LogP contribution < -0.4 is 9.80 Å². The summed E-state index contributed by atoms with van der Waals surface area (Å²) in [6.07, 6.45) is 6.69. The molecule has 0 bridgehead atoms. The Morgan fingerprint density at radius 3 is 2.53 bits per heavy atom. The Morgan fingerprint density at radius 2 is 1.79 bits per heavy atom. The topological polar surface area (TPSA) is 35.5 Å². The highest BCUT2D eigenvalue weighted by atomic mass is 15.2. The lowest BCUT2D eigenvalue weighted by Crippen LogP contribution is -2.37. The smallest absolute Gasteiger partial charge is 0.0604 e. The van der Waals surface area contributed by atoms with Gasteiger partial charge < -0.3 is 9.80 Å². The summed E-state index contributed by atoms with van der Waals surface area (Å²) in [5, 5.41) is 0. The first kappa shape index (κ1) is 24.2. The van der Waals surface area contributed by atoms with Gasteiger partial charge in [0.2, 0.25) is 0 Å². The molecule has 1 aliphatic rings. The second-order valence-electron chi connectivity index (χ2n) is 10.4. The molecule has 4 rings (SSSR count). The van der Waals surface area contributed by atoms with Crippen LogP contribution in [0.3, 0.4) is 0 Å². The minimum atomic E-state index is 0.246. The van der Waals surface area contributed by atoms with Gasteiger partial charge in [0.1, 0.15) is 0 Å². The molecule has 0 saturated heterocycles. The lowest BCUT2D eigenvalue weighted by Gasteiger charge is -2.30. The Kier molecular flexibility index (Phi) is 7.52. The molecule has 0 N–H and O–H groups in total. The highest BCUT2D eigenvalue weighted by Gasteiger charge is 2.29. The predicted molar refractivity (Wildman–Crippen MR) is 142 cm³/mol. The van der Waals surface area contributed by atoms with Crippen molar-refractivity contribution < 1.29 is 0 Å². The van der Waals surface area contributed by atoms with Gasteiger partial charge in [-0.05, 0) is 66.6 Å². The Morgan fingerprint density at radius 1 is 0.971 bits per heavy atom. The van der Waals surface area contributed by atoms with E-state index in [0.29, 0.717) is 0 Å². The monoisotopic (exact) mass is 457 g/mol. The lowest BCUT2D eigenvalue weighted by molar-refractivity contribution is 0.256. The molecule has 0 atom stereocenters. The third-order valence-corrected chi connectivity index (χ3v) is 6.79. The fourth-order valence-electron chi connectivity index (χ4n) is 5.10. The molecule has 180 valence electrons. The molecule has 3 aromatic rings. The van der Waals surface area contributed by atoms with Gasteiger partial charge >= 0.3 is 0 Å². The molecular weight excluding hydrogens is 418 g/mol. The van der Waals surface area contributed by atoms with Crippen LogP contribution in [0.4, 0.5) is 11.4 Å². The Balaban J connectivity index is 1.58. The van der Waals surface area contributed by atoms with Gasteiger partial charge in [-0.15, -0.1) is 0 Å². The molecule has 2 aromatic heterocycles. The Hall–Kier alpha value is -2.92. The highest BCUT2D eigenvalue weighted by molar-refractivity contribution is 5.73. The lowest BCUT2D eigenvalue weighted by atomic mass is 9.92. The van der Waals surface area contributed by atoms with Crippen molar-refractivity contribution >= 4 is 11.4 Å². The van der Waals surface area contributed by atoms with E-state index in [-0.39, 0.29) is 5.41 Å². The number of nitrogens with zero attached hydrogens (tertiary/aromatic N) is 5. The maximum Gasteiger partial charge on any atom is 0.0604 e. The van der Waals surface area contributed by atoms with Crippen molar-refractivity contribution in [3.63, 3.8) is 0 Å². The van der Waals surface area contributed by atoms with Crippen LogP contribution in [0.25, 0.3) is 0 Å². The van der Waals surface area contributed by atoms with Crippen LogP contribution in [-0.2, 0) is 19.5 Å². The molecule has 5 nitrogen and oxygen atoms in total. The summed E-state index contributed by atoms with van der Waals surface area (Å²) in [6.45, 7) is 15.0. The Bertz CT molecular complexity index is 1080. The van der Waals surface area contributed by atoms with E-state index in [1.54, 1.807) is 0 Å². The van der Waals surface area contributed by atoms with Crippen LogP contribution in [0.2, 0.25) is 0 Å². The number of fused-ring (bicyclic) bond motifs is 1. The molecule has 0 spiro atoms. The maximum absolute atomic E-state index is 4.68. The number of benzene rings is 1. The molecule has 0 radical (unpaired) electrons. The third kappa shape index (κ3) is 5.95. The number of hydrogen-bond donors (Lipinski definition) is 0. The first-order valence-corrected chi connectivity index (χ1v) is 12.5. The van der Waals surface area contributed by atoms with E-state index in [4.69, 9.17) is 0 Å². The van der Waals surface area contributed by atoms with E-state index < -0.39 is 0 Å². The van der Waals surface area contributed by atoms with Gasteiger partial charge in [-0.1, -0.05) is 32.0 Å². The number of aromatic nitrogens is 2. The fourth-order valence-corrected chi connectivity index (χ4v) is 5.10.